The summed E-state index contributed by atoms with van der Waals surface area (Å²) in [6.07, 6.45) is 7.10. The number of hydrogen-bond acceptors (Lipinski definition) is 4. The first kappa shape index (κ1) is 22.7. The van der Waals surface area contributed by atoms with E-state index in [4.69, 9.17) is 6.42 Å². The summed E-state index contributed by atoms with van der Waals surface area (Å²) in [7, 11) is 1.71. The smallest absolute Gasteiger partial charge is 0.192 e. The lowest BCUT2D eigenvalue weighted by Crippen LogP contribution is -2.46. The standard InChI is InChI=1S/C21H25FN6.HI/c1-3-9-25-21(23-2)26-16-17-8-10-24-20(15-17)28-13-11-27(12-14-28)19-6-4-18(22)5-7-19;/h1,4-8,10,15H,9,11-14,16H2,2H3,(H2,23,25,26);1H. The second-order valence-electron chi connectivity index (χ2n) is 6.46. The first-order valence-corrected chi connectivity index (χ1v) is 9.28. The summed E-state index contributed by atoms with van der Waals surface area (Å²) in [5.74, 6) is 3.96. The molecule has 1 aliphatic rings. The number of nitrogens with one attached hydrogen (secondary N) is 2. The van der Waals surface area contributed by atoms with Crippen LogP contribution in [0, 0.1) is 18.2 Å². The molecule has 0 atom stereocenters. The molecule has 3 rings (SSSR count). The summed E-state index contributed by atoms with van der Waals surface area (Å²) in [5.41, 5.74) is 2.17. The molecule has 0 bridgehead atoms. The van der Waals surface area contributed by atoms with Gasteiger partial charge in [0, 0.05) is 51.7 Å². The van der Waals surface area contributed by atoms with E-state index < -0.39 is 0 Å². The van der Waals surface area contributed by atoms with Crippen LogP contribution in [-0.4, -0.2) is 50.7 Å². The van der Waals surface area contributed by atoms with Gasteiger partial charge in [-0.25, -0.2) is 9.37 Å². The van der Waals surface area contributed by atoms with Crippen molar-refractivity contribution in [3.8, 4) is 12.3 Å². The molecule has 1 aliphatic heterocycles. The van der Waals surface area contributed by atoms with Crippen molar-refractivity contribution in [3.63, 3.8) is 0 Å². The van der Waals surface area contributed by atoms with Crippen LogP contribution >= 0.6 is 24.0 Å². The topological polar surface area (TPSA) is 55.8 Å². The lowest BCUT2D eigenvalue weighted by molar-refractivity contribution is 0.624. The molecular formula is C21H26FIN6. The van der Waals surface area contributed by atoms with Crippen molar-refractivity contribution >= 4 is 41.4 Å². The minimum absolute atomic E-state index is 0. The van der Waals surface area contributed by atoms with E-state index in [0.29, 0.717) is 19.0 Å². The lowest BCUT2D eigenvalue weighted by atomic mass is 10.2. The van der Waals surface area contributed by atoms with Crippen molar-refractivity contribution in [3.05, 3.63) is 54.0 Å². The monoisotopic (exact) mass is 508 g/mol. The van der Waals surface area contributed by atoms with Crippen LogP contribution < -0.4 is 20.4 Å². The second kappa shape index (κ2) is 11.5. The number of aliphatic imine (C=N–C) groups is 1. The Kier molecular flexibility index (Phi) is 8.99. The highest BCUT2D eigenvalue weighted by molar-refractivity contribution is 14.0. The van der Waals surface area contributed by atoms with Crippen LogP contribution in [0.3, 0.4) is 0 Å². The molecule has 1 saturated heterocycles. The average molecular weight is 508 g/mol. The highest BCUT2D eigenvalue weighted by Gasteiger charge is 2.18. The molecule has 154 valence electrons. The molecule has 2 N–H and O–H groups in total. The third kappa shape index (κ3) is 6.49. The maximum Gasteiger partial charge on any atom is 0.192 e. The summed E-state index contributed by atoms with van der Waals surface area (Å²) >= 11 is 0. The van der Waals surface area contributed by atoms with Crippen LogP contribution in [0.4, 0.5) is 15.9 Å². The first-order chi connectivity index (χ1) is 13.7. The summed E-state index contributed by atoms with van der Waals surface area (Å²) < 4.78 is 13.1. The van der Waals surface area contributed by atoms with Gasteiger partial charge >= 0.3 is 0 Å². The Labute approximate surface area is 188 Å². The highest BCUT2D eigenvalue weighted by atomic mass is 127. The van der Waals surface area contributed by atoms with Crippen LogP contribution in [0.1, 0.15) is 5.56 Å². The minimum Gasteiger partial charge on any atom is -0.368 e. The van der Waals surface area contributed by atoms with Crippen molar-refractivity contribution in [2.24, 2.45) is 4.99 Å². The number of rotatable bonds is 5. The number of guanidine groups is 1. The Morgan fingerprint density at radius 1 is 1.14 bits per heavy atom. The molecule has 0 saturated carbocycles. The molecule has 6 nitrogen and oxygen atoms in total. The number of aromatic nitrogens is 1. The Morgan fingerprint density at radius 2 is 1.83 bits per heavy atom. The van der Waals surface area contributed by atoms with Gasteiger partial charge in [0.1, 0.15) is 11.6 Å². The van der Waals surface area contributed by atoms with Crippen molar-refractivity contribution in [1.29, 1.82) is 0 Å². The van der Waals surface area contributed by atoms with Crippen LogP contribution in [-0.2, 0) is 6.54 Å². The number of halogens is 2. The number of nitrogens with zero attached hydrogens (tertiary/aromatic N) is 4. The molecule has 0 spiro atoms. The minimum atomic E-state index is -0.206. The second-order valence-corrected chi connectivity index (χ2v) is 6.46. The van der Waals surface area contributed by atoms with E-state index in [1.165, 1.54) is 12.1 Å². The average Bonchev–Trinajstić information content (AvgIpc) is 2.75. The number of hydrogen-bond donors (Lipinski definition) is 2. The number of terminal acetylenes is 1. The predicted molar refractivity (Wildman–Crippen MR) is 128 cm³/mol. The molecule has 29 heavy (non-hydrogen) atoms. The van der Waals surface area contributed by atoms with Gasteiger partial charge in [0.05, 0.1) is 6.54 Å². The number of anilines is 2. The van der Waals surface area contributed by atoms with Crippen LogP contribution in [0.25, 0.3) is 0 Å². The summed E-state index contributed by atoms with van der Waals surface area (Å²) in [4.78, 5) is 13.2. The Bertz CT molecular complexity index is 841. The van der Waals surface area contributed by atoms with Gasteiger partial charge in [0.15, 0.2) is 5.96 Å². The van der Waals surface area contributed by atoms with Crippen LogP contribution in [0.2, 0.25) is 0 Å². The summed E-state index contributed by atoms with van der Waals surface area (Å²) in [6, 6.07) is 10.8. The molecule has 0 unspecified atom stereocenters. The van der Waals surface area contributed by atoms with Gasteiger partial charge in [0.25, 0.3) is 0 Å². The highest BCUT2D eigenvalue weighted by Crippen LogP contribution is 2.20. The fraction of sp³-hybridized carbons (Fsp3) is 0.333. The normalized spacial score (nSPS) is 14.0. The van der Waals surface area contributed by atoms with E-state index in [2.05, 4.69) is 42.4 Å². The number of pyridine rings is 1. The van der Waals surface area contributed by atoms with Crippen molar-refractivity contribution < 1.29 is 4.39 Å². The molecule has 2 aromatic rings. The van der Waals surface area contributed by atoms with Crippen molar-refractivity contribution in [2.75, 3.05) is 49.6 Å². The van der Waals surface area contributed by atoms with E-state index in [0.717, 1.165) is 43.2 Å². The fourth-order valence-corrected chi connectivity index (χ4v) is 3.13. The van der Waals surface area contributed by atoms with E-state index >= 15 is 0 Å². The Morgan fingerprint density at radius 3 is 2.48 bits per heavy atom. The largest absolute Gasteiger partial charge is 0.368 e. The molecule has 2 heterocycles. The Balaban J connectivity index is 0.00000300. The summed E-state index contributed by atoms with van der Waals surface area (Å²) in [5, 5.41) is 6.28. The van der Waals surface area contributed by atoms with E-state index in [1.807, 2.05) is 24.4 Å². The van der Waals surface area contributed by atoms with E-state index in [-0.39, 0.29) is 29.8 Å². The van der Waals surface area contributed by atoms with Gasteiger partial charge in [0.2, 0.25) is 0 Å². The zero-order valence-electron chi connectivity index (χ0n) is 16.4. The zero-order chi connectivity index (χ0) is 19.8. The number of piperazine rings is 1. The maximum atomic E-state index is 13.1. The number of benzene rings is 1. The van der Waals surface area contributed by atoms with Gasteiger partial charge < -0.3 is 20.4 Å². The van der Waals surface area contributed by atoms with Gasteiger partial charge in [-0.1, -0.05) is 5.92 Å². The molecular weight excluding hydrogens is 482 g/mol. The third-order valence-electron chi connectivity index (χ3n) is 4.65. The summed E-state index contributed by atoms with van der Waals surface area (Å²) in [6.45, 7) is 4.55. The van der Waals surface area contributed by atoms with Crippen molar-refractivity contribution in [2.45, 2.75) is 6.54 Å². The molecule has 1 aromatic heterocycles. The van der Waals surface area contributed by atoms with Gasteiger partial charge in [-0.15, -0.1) is 30.4 Å². The lowest BCUT2D eigenvalue weighted by Gasteiger charge is -2.36. The van der Waals surface area contributed by atoms with Gasteiger partial charge in [-0.2, -0.15) is 0 Å². The van der Waals surface area contributed by atoms with Gasteiger partial charge in [-0.05, 0) is 42.0 Å². The molecule has 1 aromatic carbocycles. The quantitative estimate of drug-likeness (QED) is 0.282. The van der Waals surface area contributed by atoms with Crippen LogP contribution in [0.15, 0.2) is 47.6 Å². The third-order valence-corrected chi connectivity index (χ3v) is 4.65. The molecule has 0 aliphatic carbocycles. The van der Waals surface area contributed by atoms with Crippen LogP contribution in [0.5, 0.6) is 0 Å². The maximum absolute atomic E-state index is 13.1. The molecule has 0 amide bonds. The van der Waals surface area contributed by atoms with E-state index in [9.17, 15) is 4.39 Å². The molecule has 1 fully saturated rings. The molecule has 0 radical (unpaired) electrons. The predicted octanol–water partition coefficient (Wildman–Crippen LogP) is 2.46. The fourth-order valence-electron chi connectivity index (χ4n) is 3.13. The molecule has 8 heteroatoms. The SMILES string of the molecule is C#CCNC(=NC)NCc1ccnc(N2CCN(c3ccc(F)cc3)CC2)c1.I. The van der Waals surface area contributed by atoms with E-state index in [1.54, 1.807) is 7.05 Å². The van der Waals surface area contributed by atoms with Crippen molar-refractivity contribution in [1.82, 2.24) is 15.6 Å². The Hall–Kier alpha value is -2.54. The zero-order valence-corrected chi connectivity index (χ0v) is 18.8. The van der Waals surface area contributed by atoms with Gasteiger partial charge in [-0.3, -0.25) is 4.99 Å². The first-order valence-electron chi connectivity index (χ1n) is 9.28.